The number of carbonyl (C=O) groups is 1. The van der Waals surface area contributed by atoms with Gasteiger partial charge in [-0.3, -0.25) is 9.78 Å². The fourth-order valence-electron chi connectivity index (χ4n) is 1.93. The van der Waals surface area contributed by atoms with Crippen LogP contribution in [-0.2, 0) is 15.4 Å². The van der Waals surface area contributed by atoms with Crippen LogP contribution in [0.2, 0.25) is 0 Å². The van der Waals surface area contributed by atoms with E-state index in [1.165, 1.54) is 24.4 Å². The molecule has 2 aromatic rings. The average Bonchev–Trinajstić information content (AvgIpc) is 2.46. The Balaban J connectivity index is 2.20. The molecule has 0 bridgehead atoms. The predicted molar refractivity (Wildman–Crippen MR) is 88.7 cm³/mol. The van der Waals surface area contributed by atoms with Gasteiger partial charge in [0.15, 0.2) is 0 Å². The molecule has 0 atom stereocenters. The van der Waals surface area contributed by atoms with Crippen LogP contribution in [0.3, 0.4) is 0 Å². The number of hydrogen-bond acceptors (Lipinski definition) is 4. The molecule has 0 aliphatic heterocycles. The van der Waals surface area contributed by atoms with Crippen LogP contribution in [0.1, 0.15) is 36.8 Å². The lowest BCUT2D eigenvalue weighted by Crippen LogP contribution is -2.17. The second-order valence-electron chi connectivity index (χ2n) is 6.21. The molecule has 0 radical (unpaired) electrons. The van der Waals surface area contributed by atoms with Crippen molar-refractivity contribution in [2.45, 2.75) is 31.1 Å². The van der Waals surface area contributed by atoms with Crippen LogP contribution >= 0.6 is 0 Å². The highest BCUT2D eigenvalue weighted by atomic mass is 32.2. The van der Waals surface area contributed by atoms with E-state index in [1.807, 2.05) is 20.8 Å². The van der Waals surface area contributed by atoms with E-state index in [0.717, 1.165) is 5.69 Å². The third-order valence-corrected chi connectivity index (χ3v) is 4.13. The lowest BCUT2D eigenvalue weighted by Gasteiger charge is -2.17. The van der Waals surface area contributed by atoms with Crippen molar-refractivity contribution in [1.29, 1.82) is 0 Å². The summed E-state index contributed by atoms with van der Waals surface area (Å²) in [5, 5.41) is 7.70. The number of amides is 1. The van der Waals surface area contributed by atoms with Crippen LogP contribution in [0, 0.1) is 0 Å². The average molecular weight is 333 g/mol. The zero-order valence-corrected chi connectivity index (χ0v) is 14.0. The number of nitrogens with one attached hydrogen (secondary N) is 1. The van der Waals surface area contributed by atoms with Gasteiger partial charge in [0.2, 0.25) is 10.0 Å². The lowest BCUT2D eigenvalue weighted by molar-refractivity contribution is 0.102. The number of carbonyl (C=O) groups excluding carboxylic acids is 1. The van der Waals surface area contributed by atoms with Crippen molar-refractivity contribution < 1.29 is 13.2 Å². The number of nitrogens with zero attached hydrogens (tertiary/aromatic N) is 1. The second kappa shape index (κ2) is 6.10. The number of sulfonamides is 1. The van der Waals surface area contributed by atoms with Crippen LogP contribution in [0.5, 0.6) is 0 Å². The molecule has 6 nitrogen and oxygen atoms in total. The molecule has 7 heteroatoms. The van der Waals surface area contributed by atoms with E-state index in [4.69, 9.17) is 5.14 Å². The normalized spacial score (nSPS) is 12.0. The molecule has 0 spiro atoms. The largest absolute Gasteiger partial charge is 0.322 e. The van der Waals surface area contributed by atoms with Crippen molar-refractivity contribution in [3.63, 3.8) is 0 Å². The second-order valence-corrected chi connectivity index (χ2v) is 7.77. The highest BCUT2D eigenvalue weighted by molar-refractivity contribution is 7.89. The van der Waals surface area contributed by atoms with Crippen LogP contribution in [0.15, 0.2) is 47.5 Å². The number of anilines is 1. The minimum atomic E-state index is -3.81. The number of rotatable bonds is 3. The fourth-order valence-corrected chi connectivity index (χ4v) is 2.49. The molecule has 0 unspecified atom stereocenters. The summed E-state index contributed by atoms with van der Waals surface area (Å²) in [5.74, 6) is -0.371. The topological polar surface area (TPSA) is 102 Å². The summed E-state index contributed by atoms with van der Waals surface area (Å²) in [7, 11) is -3.81. The van der Waals surface area contributed by atoms with Gasteiger partial charge in [-0.2, -0.15) is 0 Å². The minimum Gasteiger partial charge on any atom is -0.322 e. The van der Waals surface area contributed by atoms with E-state index in [9.17, 15) is 13.2 Å². The first-order chi connectivity index (χ1) is 10.6. The smallest absolute Gasteiger partial charge is 0.257 e. The Morgan fingerprint density at radius 3 is 2.39 bits per heavy atom. The molecule has 0 fully saturated rings. The number of aromatic nitrogens is 1. The number of hydrogen-bond donors (Lipinski definition) is 2. The molecule has 0 saturated carbocycles. The van der Waals surface area contributed by atoms with E-state index in [2.05, 4.69) is 10.3 Å². The van der Waals surface area contributed by atoms with Gasteiger partial charge in [0.1, 0.15) is 0 Å². The number of pyridine rings is 1. The summed E-state index contributed by atoms with van der Waals surface area (Å²) >= 11 is 0. The molecule has 1 aromatic heterocycles. The van der Waals surface area contributed by atoms with Gasteiger partial charge in [-0.1, -0.05) is 26.8 Å². The maximum Gasteiger partial charge on any atom is 0.257 e. The summed E-state index contributed by atoms with van der Waals surface area (Å²) in [5.41, 5.74) is 1.52. The standard InChI is InChI=1S/C16H19N3O3S/c1-16(2,3)14-8-7-11(10-18-14)15(20)19-12-5-4-6-13(9-12)23(17,21)22/h4-10H,1-3H3,(H,19,20)(H2,17,21,22). The van der Waals surface area contributed by atoms with E-state index in [1.54, 1.807) is 18.2 Å². The molecule has 0 aliphatic rings. The van der Waals surface area contributed by atoms with E-state index in [0.29, 0.717) is 11.3 Å². The van der Waals surface area contributed by atoms with Crippen molar-refractivity contribution in [2.24, 2.45) is 5.14 Å². The Kier molecular flexibility index (Phi) is 4.53. The maximum absolute atomic E-state index is 12.2. The molecule has 122 valence electrons. The third-order valence-electron chi connectivity index (χ3n) is 3.21. The number of nitrogens with two attached hydrogens (primary N) is 1. The van der Waals surface area contributed by atoms with Gasteiger partial charge in [-0.25, -0.2) is 13.6 Å². The maximum atomic E-state index is 12.2. The molecule has 3 N–H and O–H groups in total. The molecular formula is C16H19N3O3S. The zero-order valence-electron chi connectivity index (χ0n) is 13.2. The van der Waals surface area contributed by atoms with E-state index >= 15 is 0 Å². The van der Waals surface area contributed by atoms with Gasteiger partial charge in [0.05, 0.1) is 10.5 Å². The quantitative estimate of drug-likeness (QED) is 0.899. The summed E-state index contributed by atoms with van der Waals surface area (Å²) in [6.45, 7) is 6.11. The molecule has 0 aliphatic carbocycles. The highest BCUT2D eigenvalue weighted by Crippen LogP contribution is 2.20. The Labute approximate surface area is 135 Å². The molecule has 1 aromatic carbocycles. The van der Waals surface area contributed by atoms with Gasteiger partial charge in [-0.05, 0) is 30.3 Å². The van der Waals surface area contributed by atoms with Crippen molar-refractivity contribution in [3.8, 4) is 0 Å². The van der Waals surface area contributed by atoms with Crippen molar-refractivity contribution in [1.82, 2.24) is 4.98 Å². The first-order valence-electron chi connectivity index (χ1n) is 6.98. The first kappa shape index (κ1) is 17.1. The number of primary sulfonamides is 1. The first-order valence-corrected chi connectivity index (χ1v) is 8.53. The predicted octanol–water partition coefficient (Wildman–Crippen LogP) is 2.28. The van der Waals surface area contributed by atoms with Gasteiger partial charge in [0, 0.05) is 23.0 Å². The fraction of sp³-hybridized carbons (Fsp3) is 0.250. The molecule has 0 saturated heterocycles. The highest BCUT2D eigenvalue weighted by Gasteiger charge is 2.16. The van der Waals surface area contributed by atoms with Crippen LogP contribution < -0.4 is 10.5 Å². The van der Waals surface area contributed by atoms with Crippen molar-refractivity contribution in [2.75, 3.05) is 5.32 Å². The summed E-state index contributed by atoms with van der Waals surface area (Å²) in [4.78, 5) is 16.4. The molecule has 23 heavy (non-hydrogen) atoms. The monoisotopic (exact) mass is 333 g/mol. The Morgan fingerprint density at radius 1 is 1.17 bits per heavy atom. The SMILES string of the molecule is CC(C)(C)c1ccc(C(=O)Nc2cccc(S(N)(=O)=O)c2)cn1. The summed E-state index contributed by atoms with van der Waals surface area (Å²) in [6, 6.07) is 9.26. The molecular weight excluding hydrogens is 314 g/mol. The molecule has 2 rings (SSSR count). The van der Waals surface area contributed by atoms with Crippen molar-refractivity contribution >= 4 is 21.6 Å². The van der Waals surface area contributed by atoms with Crippen LogP contribution in [0.25, 0.3) is 0 Å². The third kappa shape index (κ3) is 4.37. The van der Waals surface area contributed by atoms with Gasteiger partial charge in [-0.15, -0.1) is 0 Å². The van der Waals surface area contributed by atoms with Gasteiger partial charge < -0.3 is 5.32 Å². The summed E-state index contributed by atoms with van der Waals surface area (Å²) in [6.07, 6.45) is 1.50. The molecule has 1 heterocycles. The summed E-state index contributed by atoms with van der Waals surface area (Å²) < 4.78 is 22.7. The van der Waals surface area contributed by atoms with E-state index < -0.39 is 10.0 Å². The Hall–Kier alpha value is -2.25. The van der Waals surface area contributed by atoms with E-state index in [-0.39, 0.29) is 16.2 Å². The molecule has 1 amide bonds. The van der Waals surface area contributed by atoms with Crippen molar-refractivity contribution in [3.05, 3.63) is 53.9 Å². The minimum absolute atomic E-state index is 0.0588. The number of benzene rings is 1. The Morgan fingerprint density at radius 2 is 1.87 bits per heavy atom. The van der Waals surface area contributed by atoms with Gasteiger partial charge >= 0.3 is 0 Å². The zero-order chi connectivity index (χ0) is 17.3. The Bertz CT molecular complexity index is 822. The van der Waals surface area contributed by atoms with Gasteiger partial charge in [0.25, 0.3) is 5.91 Å². The lowest BCUT2D eigenvalue weighted by atomic mass is 9.91. The van der Waals surface area contributed by atoms with Crippen LogP contribution in [0.4, 0.5) is 5.69 Å². The van der Waals surface area contributed by atoms with Crippen LogP contribution in [-0.4, -0.2) is 19.3 Å².